The number of hydrogen-bond acceptors (Lipinski definition) is 3. The first-order valence-corrected chi connectivity index (χ1v) is 9.03. The van der Waals surface area contributed by atoms with E-state index in [0.717, 1.165) is 4.90 Å². The summed E-state index contributed by atoms with van der Waals surface area (Å²) in [7, 11) is 0. The van der Waals surface area contributed by atoms with E-state index in [1.54, 1.807) is 18.2 Å². The van der Waals surface area contributed by atoms with Gasteiger partial charge in [0.2, 0.25) is 0 Å². The summed E-state index contributed by atoms with van der Waals surface area (Å²) in [6.45, 7) is 3.69. The number of nitrogens with zero attached hydrogens (tertiary/aromatic N) is 1. The summed E-state index contributed by atoms with van der Waals surface area (Å²) in [4.78, 5) is 27.1. The average molecular weight is 373 g/mol. The van der Waals surface area contributed by atoms with Crippen LogP contribution in [0.5, 0.6) is 0 Å². The first kappa shape index (κ1) is 18.3. The molecule has 134 valence electrons. The van der Waals surface area contributed by atoms with Gasteiger partial charge in [-0.1, -0.05) is 44.2 Å². The number of rotatable bonds is 5. The highest BCUT2D eigenvalue weighted by molar-refractivity contribution is 8.04. The van der Waals surface area contributed by atoms with Crippen LogP contribution in [0.2, 0.25) is 0 Å². The molecule has 0 fully saturated rings. The van der Waals surface area contributed by atoms with E-state index < -0.39 is 23.4 Å². The Hall–Kier alpha value is -2.47. The molecule has 0 spiro atoms. The minimum absolute atomic E-state index is 0.0746. The minimum atomic E-state index is -0.493. The van der Waals surface area contributed by atoms with Crippen molar-refractivity contribution in [3.05, 3.63) is 76.2 Å². The Bertz CT molecular complexity index is 891. The summed E-state index contributed by atoms with van der Waals surface area (Å²) in [5, 5.41) is 0.0746. The molecule has 0 saturated heterocycles. The lowest BCUT2D eigenvalue weighted by Crippen LogP contribution is -2.31. The molecule has 0 atom stereocenters. The van der Waals surface area contributed by atoms with Gasteiger partial charge < -0.3 is 0 Å². The minimum Gasteiger partial charge on any atom is -0.269 e. The van der Waals surface area contributed by atoms with Crippen molar-refractivity contribution in [2.75, 3.05) is 0 Å². The monoisotopic (exact) mass is 373 g/mol. The number of hydrogen-bond donors (Lipinski definition) is 0. The van der Waals surface area contributed by atoms with Crippen LogP contribution in [0, 0.1) is 11.6 Å². The van der Waals surface area contributed by atoms with Crippen LogP contribution in [0.25, 0.3) is 5.57 Å². The Labute approximate surface area is 154 Å². The van der Waals surface area contributed by atoms with E-state index in [2.05, 4.69) is 0 Å². The Morgan fingerprint density at radius 2 is 1.62 bits per heavy atom. The van der Waals surface area contributed by atoms with Crippen LogP contribution in [-0.4, -0.2) is 22.0 Å². The number of carbonyl (C=O) groups excluding carboxylic acids is 2. The third kappa shape index (κ3) is 3.55. The van der Waals surface area contributed by atoms with Gasteiger partial charge in [0, 0.05) is 10.8 Å². The number of carbonyl (C=O) groups is 2. The zero-order valence-electron chi connectivity index (χ0n) is 14.3. The number of imide groups is 1. The highest BCUT2D eigenvalue weighted by Crippen LogP contribution is 2.38. The van der Waals surface area contributed by atoms with Gasteiger partial charge in [-0.2, -0.15) is 0 Å². The van der Waals surface area contributed by atoms with E-state index in [0.29, 0.717) is 10.5 Å². The van der Waals surface area contributed by atoms with Gasteiger partial charge in [-0.3, -0.25) is 14.5 Å². The Morgan fingerprint density at radius 3 is 2.23 bits per heavy atom. The van der Waals surface area contributed by atoms with Crippen LogP contribution in [0.15, 0.2) is 53.4 Å². The van der Waals surface area contributed by atoms with Crippen molar-refractivity contribution in [1.29, 1.82) is 0 Å². The van der Waals surface area contributed by atoms with Crippen molar-refractivity contribution >= 4 is 29.1 Å². The SMILES string of the molecule is CC(C)SC1=C(c2ccc(F)cc2)C(=O)N(Cc2ccccc2F)C1=O. The molecule has 6 heteroatoms. The molecule has 3 nitrogen and oxygen atoms in total. The second kappa shape index (κ2) is 7.41. The molecular formula is C20H17F2NO2S. The van der Waals surface area contributed by atoms with Crippen molar-refractivity contribution in [1.82, 2.24) is 4.90 Å². The first-order chi connectivity index (χ1) is 12.4. The lowest BCUT2D eigenvalue weighted by Gasteiger charge is -2.16. The summed E-state index contributed by atoms with van der Waals surface area (Å²) in [5.74, 6) is -1.84. The van der Waals surface area contributed by atoms with E-state index in [1.165, 1.54) is 42.1 Å². The smallest absolute Gasteiger partial charge is 0.268 e. The van der Waals surface area contributed by atoms with E-state index in [9.17, 15) is 18.4 Å². The zero-order chi connectivity index (χ0) is 18.8. The van der Waals surface area contributed by atoms with E-state index in [-0.39, 0.29) is 22.9 Å². The van der Waals surface area contributed by atoms with Crippen LogP contribution < -0.4 is 0 Å². The molecule has 0 aromatic heterocycles. The summed E-state index contributed by atoms with van der Waals surface area (Å²) in [5.41, 5.74) is 0.984. The van der Waals surface area contributed by atoms with Crippen molar-refractivity contribution in [2.45, 2.75) is 25.6 Å². The van der Waals surface area contributed by atoms with E-state index >= 15 is 0 Å². The van der Waals surface area contributed by atoms with Crippen LogP contribution in [-0.2, 0) is 16.1 Å². The van der Waals surface area contributed by atoms with Crippen LogP contribution in [0.1, 0.15) is 25.0 Å². The predicted octanol–water partition coefficient (Wildman–Crippen LogP) is 4.39. The van der Waals surface area contributed by atoms with E-state index in [1.807, 2.05) is 13.8 Å². The van der Waals surface area contributed by atoms with Gasteiger partial charge in [-0.25, -0.2) is 8.78 Å². The molecule has 1 heterocycles. The van der Waals surface area contributed by atoms with Crippen molar-refractivity contribution < 1.29 is 18.4 Å². The Balaban J connectivity index is 2.00. The fourth-order valence-corrected chi connectivity index (χ4v) is 3.72. The van der Waals surface area contributed by atoms with Crippen LogP contribution in [0.3, 0.4) is 0 Å². The maximum atomic E-state index is 14.0. The quantitative estimate of drug-likeness (QED) is 0.730. The number of amides is 2. The third-order valence-electron chi connectivity index (χ3n) is 3.90. The Morgan fingerprint density at radius 1 is 0.962 bits per heavy atom. The van der Waals surface area contributed by atoms with Gasteiger partial charge in [0.05, 0.1) is 17.0 Å². The van der Waals surface area contributed by atoms with Gasteiger partial charge in [0.25, 0.3) is 11.8 Å². The van der Waals surface area contributed by atoms with Crippen molar-refractivity contribution in [3.63, 3.8) is 0 Å². The average Bonchev–Trinajstić information content (AvgIpc) is 2.82. The fourth-order valence-electron chi connectivity index (χ4n) is 2.71. The zero-order valence-corrected chi connectivity index (χ0v) is 15.1. The number of benzene rings is 2. The molecule has 2 aromatic rings. The molecule has 1 aliphatic rings. The second-order valence-corrected chi connectivity index (χ2v) is 7.75. The molecule has 3 rings (SSSR count). The second-order valence-electron chi connectivity index (χ2n) is 6.17. The molecule has 2 aromatic carbocycles. The van der Waals surface area contributed by atoms with Gasteiger partial charge in [-0.05, 0) is 23.8 Å². The topological polar surface area (TPSA) is 37.4 Å². The maximum Gasteiger partial charge on any atom is 0.268 e. The molecule has 2 amide bonds. The predicted molar refractivity (Wildman–Crippen MR) is 98.0 cm³/mol. The summed E-state index contributed by atoms with van der Waals surface area (Å²) in [6, 6.07) is 11.5. The highest BCUT2D eigenvalue weighted by Gasteiger charge is 2.39. The molecule has 26 heavy (non-hydrogen) atoms. The summed E-state index contributed by atoms with van der Waals surface area (Å²) in [6.07, 6.45) is 0. The van der Waals surface area contributed by atoms with Crippen molar-refractivity contribution in [2.24, 2.45) is 0 Å². The number of thioether (sulfide) groups is 1. The fraction of sp³-hybridized carbons (Fsp3) is 0.200. The van der Waals surface area contributed by atoms with Gasteiger partial charge in [-0.15, -0.1) is 11.8 Å². The third-order valence-corrected chi connectivity index (χ3v) is 4.98. The molecule has 0 unspecified atom stereocenters. The Kier molecular flexibility index (Phi) is 5.23. The summed E-state index contributed by atoms with van der Waals surface area (Å²) >= 11 is 1.28. The summed E-state index contributed by atoms with van der Waals surface area (Å²) < 4.78 is 27.2. The van der Waals surface area contributed by atoms with Gasteiger partial charge in [0.15, 0.2) is 0 Å². The molecule has 1 aliphatic heterocycles. The highest BCUT2D eigenvalue weighted by atomic mass is 32.2. The molecular weight excluding hydrogens is 356 g/mol. The maximum absolute atomic E-state index is 14.0. The van der Waals surface area contributed by atoms with Gasteiger partial charge >= 0.3 is 0 Å². The van der Waals surface area contributed by atoms with Crippen molar-refractivity contribution in [3.8, 4) is 0 Å². The first-order valence-electron chi connectivity index (χ1n) is 8.15. The molecule has 0 bridgehead atoms. The number of halogens is 2. The molecule has 0 radical (unpaired) electrons. The lowest BCUT2D eigenvalue weighted by atomic mass is 10.1. The molecule has 0 N–H and O–H groups in total. The molecule has 0 saturated carbocycles. The van der Waals surface area contributed by atoms with Crippen LogP contribution in [0.4, 0.5) is 8.78 Å². The lowest BCUT2D eigenvalue weighted by molar-refractivity contribution is -0.137. The normalized spacial score (nSPS) is 14.7. The van der Waals surface area contributed by atoms with Crippen LogP contribution >= 0.6 is 11.8 Å². The largest absolute Gasteiger partial charge is 0.269 e. The van der Waals surface area contributed by atoms with E-state index in [4.69, 9.17) is 0 Å². The standard InChI is InChI=1S/C20H17F2NO2S/c1-12(2)26-18-17(13-7-9-15(21)10-8-13)19(24)23(20(18)25)11-14-5-3-4-6-16(14)22/h3-10,12H,11H2,1-2H3. The molecule has 0 aliphatic carbocycles. The van der Waals surface area contributed by atoms with Gasteiger partial charge in [0.1, 0.15) is 11.6 Å².